The molecular weight excluding hydrogens is 288 g/mol. The third kappa shape index (κ3) is 3.77. The number of benzene rings is 2. The summed E-state index contributed by atoms with van der Waals surface area (Å²) < 4.78 is 0. The van der Waals surface area contributed by atoms with Gasteiger partial charge in [-0.1, -0.05) is 48.6 Å². The van der Waals surface area contributed by atoms with Crippen LogP contribution in [0.3, 0.4) is 0 Å². The maximum atomic E-state index is 11.4. The van der Waals surface area contributed by atoms with Crippen LogP contribution in [-0.2, 0) is 0 Å². The zero-order chi connectivity index (χ0) is 16.1. The molecule has 0 saturated carbocycles. The predicted octanol–water partition coefficient (Wildman–Crippen LogP) is 4.76. The molecule has 2 aromatic carbocycles. The van der Waals surface area contributed by atoms with Crippen molar-refractivity contribution in [1.82, 2.24) is 0 Å². The number of nitro groups is 1. The largest absolute Gasteiger partial charge is 0.366 e. The average Bonchev–Trinajstić information content (AvgIpc) is 2.61. The number of nitro benzene ring substituents is 1. The van der Waals surface area contributed by atoms with E-state index in [0.29, 0.717) is 0 Å². The molecule has 2 aromatic rings. The minimum Gasteiger partial charge on any atom is -0.366 e. The minimum atomic E-state index is -0.274. The Balaban J connectivity index is 1.87. The van der Waals surface area contributed by atoms with Gasteiger partial charge >= 0.3 is 0 Å². The molecule has 0 unspecified atom stereocenters. The van der Waals surface area contributed by atoms with Crippen molar-refractivity contribution in [2.75, 3.05) is 18.0 Å². The molecule has 0 radical (unpaired) electrons. The van der Waals surface area contributed by atoms with E-state index in [0.717, 1.165) is 42.7 Å². The molecule has 0 aromatic heterocycles. The monoisotopic (exact) mass is 308 g/mol. The predicted molar refractivity (Wildman–Crippen MR) is 94.5 cm³/mol. The van der Waals surface area contributed by atoms with Gasteiger partial charge in [0.2, 0.25) is 0 Å². The van der Waals surface area contributed by atoms with Gasteiger partial charge in [-0.3, -0.25) is 10.1 Å². The van der Waals surface area contributed by atoms with Gasteiger partial charge in [0.15, 0.2) is 0 Å². The summed E-state index contributed by atoms with van der Waals surface area (Å²) in [7, 11) is 0. The topological polar surface area (TPSA) is 46.4 Å². The fourth-order valence-corrected chi connectivity index (χ4v) is 2.95. The van der Waals surface area contributed by atoms with Crippen LogP contribution in [0.5, 0.6) is 0 Å². The van der Waals surface area contributed by atoms with Crippen LogP contribution in [-0.4, -0.2) is 18.0 Å². The zero-order valence-electron chi connectivity index (χ0n) is 13.0. The molecule has 0 spiro atoms. The van der Waals surface area contributed by atoms with Crippen molar-refractivity contribution in [3.05, 3.63) is 69.8 Å². The summed E-state index contributed by atoms with van der Waals surface area (Å²) in [5.41, 5.74) is 2.87. The second-order valence-electron chi connectivity index (χ2n) is 5.80. The molecule has 118 valence electrons. The standard InChI is InChI=1S/C19H20N2O2/c22-21(23)19-15-17(10-9-16-7-3-1-4-8-16)11-12-18(19)20-13-5-2-6-14-20/h1,3-4,7-12,15H,2,5-6,13-14H2/b10-9+. The van der Waals surface area contributed by atoms with Crippen LogP contribution in [0, 0.1) is 10.1 Å². The molecule has 0 amide bonds. The van der Waals surface area contributed by atoms with Crippen molar-refractivity contribution in [2.45, 2.75) is 19.3 Å². The van der Waals surface area contributed by atoms with E-state index < -0.39 is 0 Å². The van der Waals surface area contributed by atoms with Crippen molar-refractivity contribution in [3.63, 3.8) is 0 Å². The molecule has 1 aliphatic rings. The van der Waals surface area contributed by atoms with E-state index in [2.05, 4.69) is 4.90 Å². The van der Waals surface area contributed by atoms with Crippen LogP contribution in [0.2, 0.25) is 0 Å². The Morgan fingerprint density at radius 1 is 0.913 bits per heavy atom. The molecule has 0 aliphatic carbocycles. The van der Waals surface area contributed by atoms with E-state index in [1.54, 1.807) is 6.07 Å². The Bertz CT molecular complexity index is 705. The van der Waals surface area contributed by atoms with Crippen LogP contribution in [0.1, 0.15) is 30.4 Å². The number of rotatable bonds is 4. The van der Waals surface area contributed by atoms with Gasteiger partial charge < -0.3 is 4.90 Å². The molecular formula is C19H20N2O2. The molecule has 3 rings (SSSR count). The Hall–Kier alpha value is -2.62. The summed E-state index contributed by atoms with van der Waals surface area (Å²) in [4.78, 5) is 13.3. The lowest BCUT2D eigenvalue weighted by Crippen LogP contribution is -2.29. The Morgan fingerprint density at radius 2 is 1.61 bits per heavy atom. The fourth-order valence-electron chi connectivity index (χ4n) is 2.95. The van der Waals surface area contributed by atoms with Crippen LogP contribution in [0.4, 0.5) is 11.4 Å². The van der Waals surface area contributed by atoms with Crippen molar-refractivity contribution in [1.29, 1.82) is 0 Å². The van der Waals surface area contributed by atoms with Gasteiger partial charge in [-0.2, -0.15) is 0 Å². The maximum Gasteiger partial charge on any atom is 0.293 e. The van der Waals surface area contributed by atoms with Crippen molar-refractivity contribution >= 4 is 23.5 Å². The van der Waals surface area contributed by atoms with Crippen molar-refractivity contribution in [2.24, 2.45) is 0 Å². The minimum absolute atomic E-state index is 0.196. The third-order valence-electron chi connectivity index (χ3n) is 4.16. The Kier molecular flexibility index (Phi) is 4.71. The highest BCUT2D eigenvalue weighted by Gasteiger charge is 2.21. The molecule has 0 bridgehead atoms. The molecule has 0 N–H and O–H groups in total. The number of hydrogen-bond donors (Lipinski definition) is 0. The first-order valence-corrected chi connectivity index (χ1v) is 8.00. The van der Waals surface area contributed by atoms with Gasteiger partial charge in [0, 0.05) is 19.2 Å². The van der Waals surface area contributed by atoms with E-state index in [9.17, 15) is 10.1 Å². The first-order chi connectivity index (χ1) is 11.2. The Labute approximate surface area is 136 Å². The highest BCUT2D eigenvalue weighted by molar-refractivity contribution is 5.74. The first-order valence-electron chi connectivity index (χ1n) is 8.00. The molecule has 1 fully saturated rings. The van der Waals surface area contributed by atoms with Crippen molar-refractivity contribution in [3.8, 4) is 0 Å². The molecule has 4 heteroatoms. The number of anilines is 1. The summed E-state index contributed by atoms with van der Waals surface area (Å²) in [5, 5.41) is 11.4. The van der Waals surface area contributed by atoms with Gasteiger partial charge in [-0.05, 0) is 36.5 Å². The molecule has 1 heterocycles. The number of piperidine rings is 1. The zero-order valence-corrected chi connectivity index (χ0v) is 13.0. The second-order valence-corrected chi connectivity index (χ2v) is 5.80. The fraction of sp³-hybridized carbons (Fsp3) is 0.263. The van der Waals surface area contributed by atoms with Gasteiger partial charge in [0.05, 0.1) is 4.92 Å². The summed E-state index contributed by atoms with van der Waals surface area (Å²) in [6.07, 6.45) is 7.31. The van der Waals surface area contributed by atoms with Gasteiger partial charge in [0.25, 0.3) is 5.69 Å². The SMILES string of the molecule is O=[N+]([O-])c1cc(/C=C/c2ccccc2)ccc1N1CCCCC1. The van der Waals surface area contributed by atoms with Crippen LogP contribution < -0.4 is 4.90 Å². The number of nitrogens with zero attached hydrogens (tertiary/aromatic N) is 2. The van der Waals surface area contributed by atoms with E-state index in [1.165, 1.54) is 6.42 Å². The summed E-state index contributed by atoms with van der Waals surface area (Å²) in [5.74, 6) is 0. The average molecular weight is 308 g/mol. The maximum absolute atomic E-state index is 11.4. The highest BCUT2D eigenvalue weighted by atomic mass is 16.6. The van der Waals surface area contributed by atoms with Gasteiger partial charge in [-0.25, -0.2) is 0 Å². The lowest BCUT2D eigenvalue weighted by Gasteiger charge is -2.28. The highest BCUT2D eigenvalue weighted by Crippen LogP contribution is 2.31. The van der Waals surface area contributed by atoms with Crippen LogP contribution >= 0.6 is 0 Å². The third-order valence-corrected chi connectivity index (χ3v) is 4.16. The normalized spacial score (nSPS) is 15.0. The molecule has 23 heavy (non-hydrogen) atoms. The van der Waals surface area contributed by atoms with Gasteiger partial charge in [0.1, 0.15) is 5.69 Å². The van der Waals surface area contributed by atoms with E-state index in [1.807, 2.05) is 54.6 Å². The Morgan fingerprint density at radius 3 is 2.30 bits per heavy atom. The number of hydrogen-bond acceptors (Lipinski definition) is 3. The van der Waals surface area contributed by atoms with E-state index in [-0.39, 0.29) is 10.6 Å². The van der Waals surface area contributed by atoms with Gasteiger partial charge in [-0.15, -0.1) is 0 Å². The van der Waals surface area contributed by atoms with Crippen molar-refractivity contribution < 1.29 is 4.92 Å². The first kappa shape index (κ1) is 15.3. The van der Waals surface area contributed by atoms with Crippen LogP contribution in [0.15, 0.2) is 48.5 Å². The smallest absolute Gasteiger partial charge is 0.293 e. The molecule has 1 saturated heterocycles. The quantitative estimate of drug-likeness (QED) is 0.465. The van der Waals surface area contributed by atoms with E-state index in [4.69, 9.17) is 0 Å². The lowest BCUT2D eigenvalue weighted by atomic mass is 10.1. The van der Waals surface area contributed by atoms with Crippen LogP contribution in [0.25, 0.3) is 12.2 Å². The summed E-state index contributed by atoms with van der Waals surface area (Å²) in [6, 6.07) is 15.4. The summed E-state index contributed by atoms with van der Waals surface area (Å²) >= 11 is 0. The molecule has 1 aliphatic heterocycles. The second kappa shape index (κ2) is 7.09. The van der Waals surface area contributed by atoms with E-state index >= 15 is 0 Å². The molecule has 4 nitrogen and oxygen atoms in total. The lowest BCUT2D eigenvalue weighted by molar-refractivity contribution is -0.384. The summed E-state index contributed by atoms with van der Waals surface area (Å²) in [6.45, 7) is 1.81. The molecule has 0 atom stereocenters.